The number of hydrogen-bond donors (Lipinski definition) is 1. The molecule has 0 fully saturated rings. The Morgan fingerprint density at radius 3 is 2.41 bits per heavy atom. The number of methoxy groups -OCH3 is 1. The van der Waals surface area contributed by atoms with Crippen molar-refractivity contribution in [2.75, 3.05) is 13.7 Å². The van der Waals surface area contributed by atoms with Gasteiger partial charge in [0.15, 0.2) is 11.6 Å². The molecule has 0 radical (unpaired) electrons. The predicted octanol–water partition coefficient (Wildman–Crippen LogP) is 2.51. The summed E-state index contributed by atoms with van der Waals surface area (Å²) in [6.07, 6.45) is -4.70. The van der Waals surface area contributed by atoms with E-state index in [1.807, 2.05) is 0 Å². The molecule has 1 rings (SSSR count). The van der Waals surface area contributed by atoms with Crippen LogP contribution in [0.3, 0.4) is 0 Å². The van der Waals surface area contributed by atoms with Gasteiger partial charge in [-0.05, 0) is 24.1 Å². The van der Waals surface area contributed by atoms with Crippen LogP contribution in [0.1, 0.15) is 5.56 Å². The minimum atomic E-state index is -4.37. The average Bonchev–Trinajstić information content (AvgIpc) is 2.24. The van der Waals surface area contributed by atoms with Crippen molar-refractivity contribution in [2.24, 2.45) is 11.7 Å². The number of hydrogen-bond acceptors (Lipinski definition) is 2. The van der Waals surface area contributed by atoms with Gasteiger partial charge in [0.2, 0.25) is 0 Å². The summed E-state index contributed by atoms with van der Waals surface area (Å²) >= 11 is 0. The van der Waals surface area contributed by atoms with E-state index in [0.717, 1.165) is 6.07 Å². The van der Waals surface area contributed by atoms with Gasteiger partial charge in [0.25, 0.3) is 0 Å². The van der Waals surface area contributed by atoms with E-state index >= 15 is 0 Å². The molecular formula is C11H13F4NO. The molecule has 0 spiro atoms. The Hall–Kier alpha value is -1.30. The van der Waals surface area contributed by atoms with Crippen LogP contribution in [0.15, 0.2) is 18.2 Å². The second-order valence-corrected chi connectivity index (χ2v) is 3.65. The summed E-state index contributed by atoms with van der Waals surface area (Å²) in [7, 11) is 1.29. The van der Waals surface area contributed by atoms with E-state index in [9.17, 15) is 17.6 Å². The van der Waals surface area contributed by atoms with Crippen molar-refractivity contribution in [2.45, 2.75) is 12.6 Å². The van der Waals surface area contributed by atoms with Gasteiger partial charge in [-0.1, -0.05) is 6.07 Å². The smallest absolute Gasteiger partial charge is 0.393 e. The van der Waals surface area contributed by atoms with Gasteiger partial charge in [-0.2, -0.15) is 13.2 Å². The van der Waals surface area contributed by atoms with Gasteiger partial charge in [0.1, 0.15) is 0 Å². The van der Waals surface area contributed by atoms with Crippen LogP contribution >= 0.6 is 0 Å². The SMILES string of the molecule is COc1ccc(CC(CN)C(F)(F)F)cc1F. The summed E-state index contributed by atoms with van der Waals surface area (Å²) in [6, 6.07) is 3.73. The van der Waals surface area contributed by atoms with Crippen LogP contribution in [0.25, 0.3) is 0 Å². The number of halogens is 4. The molecule has 0 saturated carbocycles. The average molecular weight is 251 g/mol. The van der Waals surface area contributed by atoms with Gasteiger partial charge >= 0.3 is 6.18 Å². The fourth-order valence-electron chi connectivity index (χ4n) is 1.45. The molecule has 0 aromatic heterocycles. The Kier molecular flexibility index (Phi) is 4.34. The van der Waals surface area contributed by atoms with Crippen LogP contribution < -0.4 is 10.5 Å². The molecule has 1 unspecified atom stereocenters. The van der Waals surface area contributed by atoms with E-state index in [-0.39, 0.29) is 17.7 Å². The second kappa shape index (κ2) is 5.35. The molecule has 0 saturated heterocycles. The van der Waals surface area contributed by atoms with Crippen LogP contribution in [0.4, 0.5) is 17.6 Å². The van der Waals surface area contributed by atoms with Crippen molar-refractivity contribution in [3.63, 3.8) is 0 Å². The standard InChI is InChI=1S/C11H13F4NO/c1-17-10-3-2-7(5-9(10)12)4-8(6-16)11(13,14)15/h2-3,5,8H,4,6,16H2,1H3. The van der Waals surface area contributed by atoms with Gasteiger partial charge in [0.05, 0.1) is 13.0 Å². The molecule has 1 aromatic rings. The van der Waals surface area contributed by atoms with Gasteiger partial charge in [-0.25, -0.2) is 4.39 Å². The molecule has 0 aliphatic rings. The zero-order valence-corrected chi connectivity index (χ0v) is 9.22. The molecule has 0 aliphatic carbocycles. The highest BCUT2D eigenvalue weighted by atomic mass is 19.4. The Bertz CT molecular complexity index is 378. The highest BCUT2D eigenvalue weighted by molar-refractivity contribution is 5.29. The number of ether oxygens (including phenoxy) is 1. The quantitative estimate of drug-likeness (QED) is 0.834. The first-order valence-electron chi connectivity index (χ1n) is 4.97. The second-order valence-electron chi connectivity index (χ2n) is 3.65. The summed E-state index contributed by atoms with van der Waals surface area (Å²) in [5.74, 6) is -2.33. The first kappa shape index (κ1) is 13.8. The van der Waals surface area contributed by atoms with E-state index in [4.69, 9.17) is 5.73 Å². The minimum absolute atomic E-state index is 0.00468. The van der Waals surface area contributed by atoms with Gasteiger partial charge < -0.3 is 10.5 Å². The first-order valence-corrected chi connectivity index (χ1v) is 4.97. The molecule has 0 aliphatic heterocycles. The van der Waals surface area contributed by atoms with Crippen molar-refractivity contribution in [3.8, 4) is 5.75 Å². The van der Waals surface area contributed by atoms with E-state index < -0.39 is 24.5 Å². The van der Waals surface area contributed by atoms with Crippen LogP contribution in [-0.2, 0) is 6.42 Å². The van der Waals surface area contributed by atoms with Crippen LogP contribution in [-0.4, -0.2) is 19.8 Å². The van der Waals surface area contributed by atoms with E-state index in [1.165, 1.54) is 19.2 Å². The molecule has 1 aromatic carbocycles. The van der Waals surface area contributed by atoms with Gasteiger partial charge in [-0.15, -0.1) is 0 Å². The normalized spacial score (nSPS) is 13.5. The maximum absolute atomic E-state index is 13.3. The van der Waals surface area contributed by atoms with E-state index in [1.54, 1.807) is 0 Å². The molecule has 0 amide bonds. The van der Waals surface area contributed by atoms with Crippen LogP contribution in [0, 0.1) is 11.7 Å². The highest BCUT2D eigenvalue weighted by Gasteiger charge is 2.38. The largest absolute Gasteiger partial charge is 0.494 e. The van der Waals surface area contributed by atoms with E-state index in [0.29, 0.717) is 0 Å². The molecule has 17 heavy (non-hydrogen) atoms. The van der Waals surface area contributed by atoms with Crippen LogP contribution in [0.2, 0.25) is 0 Å². The van der Waals surface area contributed by atoms with Crippen molar-refractivity contribution in [1.82, 2.24) is 0 Å². The monoisotopic (exact) mass is 251 g/mol. The summed E-state index contributed by atoms with van der Waals surface area (Å²) < 4.78 is 55.3. The fourth-order valence-corrected chi connectivity index (χ4v) is 1.45. The van der Waals surface area contributed by atoms with Crippen molar-refractivity contribution in [1.29, 1.82) is 0 Å². The maximum Gasteiger partial charge on any atom is 0.393 e. The zero-order valence-electron chi connectivity index (χ0n) is 9.22. The topological polar surface area (TPSA) is 35.2 Å². The summed E-state index contributed by atoms with van der Waals surface area (Å²) in [5.41, 5.74) is 5.31. The van der Waals surface area contributed by atoms with Crippen LogP contribution in [0.5, 0.6) is 5.75 Å². The number of nitrogens with two attached hydrogens (primary N) is 1. The number of alkyl halides is 3. The molecule has 1 atom stereocenters. The maximum atomic E-state index is 13.3. The summed E-state index contributed by atoms with van der Waals surface area (Å²) in [6.45, 7) is -0.517. The lowest BCUT2D eigenvalue weighted by atomic mass is 9.99. The van der Waals surface area contributed by atoms with Crippen molar-refractivity contribution < 1.29 is 22.3 Å². The number of benzene rings is 1. The molecule has 2 nitrogen and oxygen atoms in total. The molecule has 2 N–H and O–H groups in total. The lowest BCUT2D eigenvalue weighted by Crippen LogP contribution is -2.31. The predicted molar refractivity (Wildman–Crippen MR) is 55.3 cm³/mol. The summed E-state index contributed by atoms with van der Waals surface area (Å²) in [4.78, 5) is 0. The lowest BCUT2D eigenvalue weighted by molar-refractivity contribution is -0.171. The Morgan fingerprint density at radius 2 is 2.00 bits per heavy atom. The Morgan fingerprint density at radius 1 is 1.35 bits per heavy atom. The molecule has 0 bridgehead atoms. The highest BCUT2D eigenvalue weighted by Crippen LogP contribution is 2.29. The van der Waals surface area contributed by atoms with Gasteiger partial charge in [-0.3, -0.25) is 0 Å². The third-order valence-electron chi connectivity index (χ3n) is 2.45. The zero-order chi connectivity index (χ0) is 13.1. The number of rotatable bonds is 4. The first-order chi connectivity index (χ1) is 7.88. The Balaban J connectivity index is 2.84. The molecule has 96 valence electrons. The van der Waals surface area contributed by atoms with Gasteiger partial charge in [0, 0.05) is 6.54 Å². The minimum Gasteiger partial charge on any atom is -0.494 e. The Labute approximate surface area is 96.4 Å². The third-order valence-corrected chi connectivity index (χ3v) is 2.45. The third kappa shape index (κ3) is 3.59. The lowest BCUT2D eigenvalue weighted by Gasteiger charge is -2.18. The molecular weight excluding hydrogens is 238 g/mol. The summed E-state index contributed by atoms with van der Waals surface area (Å²) in [5, 5.41) is 0. The molecule has 0 heterocycles. The molecule has 6 heteroatoms. The van der Waals surface area contributed by atoms with Crippen molar-refractivity contribution in [3.05, 3.63) is 29.6 Å². The van der Waals surface area contributed by atoms with Crippen molar-refractivity contribution >= 4 is 0 Å². The fraction of sp³-hybridized carbons (Fsp3) is 0.455. The van der Waals surface area contributed by atoms with E-state index in [2.05, 4.69) is 4.74 Å².